The van der Waals surface area contributed by atoms with Crippen LogP contribution in [0.4, 0.5) is 4.79 Å². The van der Waals surface area contributed by atoms with Crippen LogP contribution in [0.25, 0.3) is 0 Å². The molecule has 0 heterocycles. The Balaban J connectivity index is 3.00. The first-order chi connectivity index (χ1) is 3.31. The van der Waals surface area contributed by atoms with Gasteiger partial charge in [-0.2, -0.15) is 0 Å². The summed E-state index contributed by atoms with van der Waals surface area (Å²) in [5.41, 5.74) is 0. The zero-order valence-corrected chi connectivity index (χ0v) is 5.02. The molecule has 0 rings (SSSR count). The molecular weight excluding hydrogens is 110 g/mol. The van der Waals surface area contributed by atoms with Gasteiger partial charge in [-0.05, 0) is 6.92 Å². The second kappa shape index (κ2) is 3.67. The molecule has 0 aromatic carbocycles. The standard InChI is InChI=1S/C3H6NO2Si/c1-2-6-3(5)4-7/h2H2,1H3,(H,4,5). The molecule has 0 aromatic heterocycles. The number of carbonyl (C=O) groups is 1. The average molecular weight is 116 g/mol. The Morgan fingerprint density at radius 3 is 2.71 bits per heavy atom. The van der Waals surface area contributed by atoms with Gasteiger partial charge in [0.05, 0.1) is 6.61 Å². The van der Waals surface area contributed by atoms with Crippen molar-refractivity contribution < 1.29 is 9.53 Å². The van der Waals surface area contributed by atoms with Crippen LogP contribution in [0.3, 0.4) is 0 Å². The molecule has 0 atom stereocenters. The largest absolute Gasteiger partial charge is 0.450 e. The van der Waals surface area contributed by atoms with Gasteiger partial charge in [0.15, 0.2) is 10.4 Å². The summed E-state index contributed by atoms with van der Waals surface area (Å²) in [5, 5.41) is 0. The Hall–Kier alpha value is -0.513. The van der Waals surface area contributed by atoms with Crippen LogP contribution < -0.4 is 4.98 Å². The third-order valence-electron chi connectivity index (χ3n) is 0.377. The molecular formula is C3H6NO2Si. The van der Waals surface area contributed by atoms with Crippen molar-refractivity contribution in [1.29, 1.82) is 0 Å². The monoisotopic (exact) mass is 116 g/mol. The fourth-order valence-electron chi connectivity index (χ4n) is 0.167. The number of carbonyl (C=O) groups excluding carboxylic acids is 1. The van der Waals surface area contributed by atoms with Crippen molar-refractivity contribution in [3.05, 3.63) is 0 Å². The normalized spacial score (nSPS) is 7.71. The molecule has 7 heavy (non-hydrogen) atoms. The van der Waals surface area contributed by atoms with E-state index in [4.69, 9.17) is 0 Å². The maximum absolute atomic E-state index is 10.0. The van der Waals surface area contributed by atoms with Crippen LogP contribution in [0.5, 0.6) is 0 Å². The molecule has 1 N–H and O–H groups in total. The average Bonchev–Trinajstić information content (AvgIpc) is 1.68. The van der Waals surface area contributed by atoms with Crippen LogP contribution in [0, 0.1) is 0 Å². The molecule has 0 fully saturated rings. The van der Waals surface area contributed by atoms with E-state index in [2.05, 4.69) is 20.1 Å². The van der Waals surface area contributed by atoms with Crippen molar-refractivity contribution >= 4 is 16.5 Å². The Morgan fingerprint density at radius 1 is 2.00 bits per heavy atom. The van der Waals surface area contributed by atoms with Gasteiger partial charge in [-0.3, -0.25) is 0 Å². The summed E-state index contributed by atoms with van der Waals surface area (Å²) in [4.78, 5) is 12.1. The van der Waals surface area contributed by atoms with Gasteiger partial charge in [0, 0.05) is 0 Å². The van der Waals surface area contributed by atoms with E-state index in [-0.39, 0.29) is 0 Å². The maximum atomic E-state index is 10.0. The number of nitrogens with one attached hydrogen (secondary N) is 1. The molecule has 0 aliphatic heterocycles. The fourth-order valence-corrected chi connectivity index (χ4v) is 0.239. The number of amides is 1. The lowest BCUT2D eigenvalue weighted by Crippen LogP contribution is -2.20. The van der Waals surface area contributed by atoms with E-state index in [0.29, 0.717) is 6.61 Å². The highest BCUT2D eigenvalue weighted by Crippen LogP contribution is 1.70. The Labute approximate surface area is 45.5 Å². The summed E-state index contributed by atoms with van der Waals surface area (Å²) in [6, 6.07) is 0. The van der Waals surface area contributed by atoms with Gasteiger partial charge in [0.1, 0.15) is 0 Å². The molecule has 0 bridgehead atoms. The van der Waals surface area contributed by atoms with E-state index in [1.807, 2.05) is 0 Å². The summed E-state index contributed by atoms with van der Waals surface area (Å²) in [6.45, 7) is 2.14. The first-order valence-electron chi connectivity index (χ1n) is 1.90. The van der Waals surface area contributed by atoms with Crippen molar-refractivity contribution in [3.8, 4) is 0 Å². The number of rotatable bonds is 1. The van der Waals surface area contributed by atoms with Gasteiger partial charge in [-0.25, -0.2) is 4.79 Å². The van der Waals surface area contributed by atoms with Crippen LogP contribution in [-0.2, 0) is 4.74 Å². The topological polar surface area (TPSA) is 38.3 Å². The second-order valence-electron chi connectivity index (χ2n) is 0.845. The van der Waals surface area contributed by atoms with E-state index < -0.39 is 6.09 Å². The van der Waals surface area contributed by atoms with E-state index in [1.165, 1.54) is 0 Å². The molecule has 0 unspecified atom stereocenters. The minimum absolute atomic E-state index is 0.399. The van der Waals surface area contributed by atoms with Crippen LogP contribution in [-0.4, -0.2) is 23.1 Å². The number of ether oxygens (including phenoxy) is 1. The SMILES string of the molecule is CCOC(=O)N[Si]. The molecule has 0 spiro atoms. The highest BCUT2D eigenvalue weighted by Gasteiger charge is 1.89. The summed E-state index contributed by atoms with van der Waals surface area (Å²) >= 11 is 0. The number of hydrogen-bond donors (Lipinski definition) is 1. The number of hydrogen-bond acceptors (Lipinski definition) is 2. The zero-order valence-electron chi connectivity index (χ0n) is 4.02. The van der Waals surface area contributed by atoms with Crippen LogP contribution in [0.2, 0.25) is 0 Å². The molecule has 1 amide bonds. The van der Waals surface area contributed by atoms with Crippen LogP contribution in [0.15, 0.2) is 0 Å². The smallest absolute Gasteiger partial charge is 0.398 e. The predicted molar refractivity (Wildman–Crippen MR) is 25.9 cm³/mol. The van der Waals surface area contributed by atoms with Crippen molar-refractivity contribution in [2.24, 2.45) is 0 Å². The van der Waals surface area contributed by atoms with Gasteiger partial charge in [0.25, 0.3) is 0 Å². The van der Waals surface area contributed by atoms with E-state index in [9.17, 15) is 4.79 Å². The summed E-state index contributed by atoms with van der Waals surface area (Å²) < 4.78 is 4.39. The lowest BCUT2D eigenvalue weighted by atomic mass is 10.9. The van der Waals surface area contributed by atoms with Gasteiger partial charge in [0.2, 0.25) is 0 Å². The molecule has 3 nitrogen and oxygen atoms in total. The Kier molecular flexibility index (Phi) is 3.40. The Morgan fingerprint density at radius 2 is 2.57 bits per heavy atom. The fraction of sp³-hybridized carbons (Fsp3) is 0.667. The van der Waals surface area contributed by atoms with Gasteiger partial charge in [-0.15, -0.1) is 0 Å². The van der Waals surface area contributed by atoms with Crippen LogP contribution in [0.1, 0.15) is 6.92 Å². The zero-order chi connectivity index (χ0) is 5.70. The summed E-state index contributed by atoms with van der Waals surface area (Å²) in [7, 11) is 2.73. The first-order valence-corrected chi connectivity index (χ1v) is 2.40. The molecule has 0 aromatic rings. The Bertz CT molecular complexity index is 66.0. The lowest BCUT2D eigenvalue weighted by molar-refractivity contribution is 0.159. The van der Waals surface area contributed by atoms with E-state index >= 15 is 0 Å². The first kappa shape index (κ1) is 6.49. The quantitative estimate of drug-likeness (QED) is 0.482. The van der Waals surface area contributed by atoms with Crippen molar-refractivity contribution in [3.63, 3.8) is 0 Å². The summed E-state index contributed by atoms with van der Waals surface area (Å²) in [6.07, 6.45) is -0.459. The second-order valence-corrected chi connectivity index (χ2v) is 1.10. The van der Waals surface area contributed by atoms with Crippen molar-refractivity contribution in [2.45, 2.75) is 6.92 Å². The molecule has 3 radical (unpaired) electrons. The molecule has 0 aliphatic carbocycles. The maximum Gasteiger partial charge on any atom is 0.398 e. The van der Waals surface area contributed by atoms with Crippen molar-refractivity contribution in [1.82, 2.24) is 4.98 Å². The molecule has 39 valence electrons. The van der Waals surface area contributed by atoms with E-state index in [0.717, 1.165) is 0 Å². The lowest BCUT2D eigenvalue weighted by Gasteiger charge is -1.95. The highest BCUT2D eigenvalue weighted by molar-refractivity contribution is 6.12. The van der Waals surface area contributed by atoms with E-state index in [1.54, 1.807) is 6.92 Å². The highest BCUT2D eigenvalue weighted by atomic mass is 28.2. The van der Waals surface area contributed by atoms with Crippen molar-refractivity contribution in [2.75, 3.05) is 6.61 Å². The molecule has 0 aliphatic rings. The minimum atomic E-state index is -0.459. The minimum Gasteiger partial charge on any atom is -0.450 e. The molecule has 4 heteroatoms. The third kappa shape index (κ3) is 3.31. The van der Waals surface area contributed by atoms with Gasteiger partial charge < -0.3 is 9.72 Å². The van der Waals surface area contributed by atoms with Crippen LogP contribution >= 0.6 is 0 Å². The predicted octanol–water partition coefficient (Wildman–Crippen LogP) is -0.184. The molecule has 0 saturated heterocycles. The summed E-state index contributed by atoms with van der Waals surface area (Å²) in [5.74, 6) is 0. The van der Waals surface area contributed by atoms with Gasteiger partial charge in [-0.1, -0.05) is 0 Å². The third-order valence-corrected chi connectivity index (χ3v) is 0.582. The van der Waals surface area contributed by atoms with Gasteiger partial charge >= 0.3 is 6.09 Å². The molecule has 0 saturated carbocycles.